The quantitative estimate of drug-likeness (QED) is 0.797. The Bertz CT molecular complexity index is 763. The van der Waals surface area contributed by atoms with Crippen LogP contribution in [0.1, 0.15) is 15.9 Å². The maximum absolute atomic E-state index is 12.4. The van der Waals surface area contributed by atoms with Crippen molar-refractivity contribution in [3.8, 4) is 5.69 Å². The number of nitrogens with one attached hydrogen (secondary N) is 1. The monoisotopic (exact) mass is 277 g/mol. The molecule has 3 rings (SSSR count). The Labute approximate surface area is 123 Å². The highest BCUT2D eigenvalue weighted by Crippen LogP contribution is 2.21. The van der Waals surface area contributed by atoms with E-state index in [-0.39, 0.29) is 5.91 Å². The fourth-order valence-electron chi connectivity index (χ4n) is 2.22. The zero-order chi connectivity index (χ0) is 14.7. The average molecular weight is 277 g/mol. The third-order valence-corrected chi connectivity index (χ3v) is 3.32. The van der Waals surface area contributed by atoms with Crippen LogP contribution < -0.4 is 5.32 Å². The molecular formula is C17H15N3O. The van der Waals surface area contributed by atoms with Crippen molar-refractivity contribution in [2.75, 3.05) is 5.32 Å². The molecule has 0 spiro atoms. The van der Waals surface area contributed by atoms with Crippen molar-refractivity contribution >= 4 is 11.6 Å². The molecule has 1 aromatic heterocycles. The van der Waals surface area contributed by atoms with Gasteiger partial charge in [-0.3, -0.25) is 4.79 Å². The molecule has 2 aromatic carbocycles. The minimum atomic E-state index is -0.110. The van der Waals surface area contributed by atoms with Gasteiger partial charge in [-0.15, -0.1) is 0 Å². The minimum Gasteiger partial charge on any atom is -0.320 e. The highest BCUT2D eigenvalue weighted by Gasteiger charge is 2.11. The van der Waals surface area contributed by atoms with Crippen LogP contribution in [-0.4, -0.2) is 15.5 Å². The van der Waals surface area contributed by atoms with Gasteiger partial charge in [-0.25, -0.2) is 4.98 Å². The van der Waals surface area contributed by atoms with Crippen LogP contribution in [0, 0.1) is 6.92 Å². The second-order valence-corrected chi connectivity index (χ2v) is 4.76. The third-order valence-electron chi connectivity index (χ3n) is 3.32. The van der Waals surface area contributed by atoms with Crippen molar-refractivity contribution in [3.05, 3.63) is 78.4 Å². The lowest BCUT2D eigenvalue weighted by atomic mass is 10.1. The average Bonchev–Trinajstić information content (AvgIpc) is 3.02. The highest BCUT2D eigenvalue weighted by atomic mass is 16.1. The van der Waals surface area contributed by atoms with E-state index in [1.54, 1.807) is 12.5 Å². The van der Waals surface area contributed by atoms with E-state index in [1.165, 1.54) is 0 Å². The molecule has 4 nitrogen and oxygen atoms in total. The molecule has 0 aliphatic carbocycles. The minimum absolute atomic E-state index is 0.110. The molecule has 0 aliphatic heterocycles. The van der Waals surface area contributed by atoms with Gasteiger partial charge in [0, 0.05) is 18.0 Å². The first-order chi connectivity index (χ1) is 10.3. The summed E-state index contributed by atoms with van der Waals surface area (Å²) in [6.07, 6.45) is 5.26. The maximum atomic E-state index is 12.4. The lowest BCUT2D eigenvalue weighted by molar-refractivity contribution is 0.102. The fraction of sp³-hybridized carbons (Fsp3) is 0.0588. The summed E-state index contributed by atoms with van der Waals surface area (Å²) < 4.78 is 1.87. The first-order valence-corrected chi connectivity index (χ1v) is 6.70. The van der Waals surface area contributed by atoms with E-state index >= 15 is 0 Å². The number of carbonyl (C=O) groups excluding carboxylic acids is 1. The van der Waals surface area contributed by atoms with Gasteiger partial charge in [-0.05, 0) is 30.7 Å². The molecule has 0 aliphatic rings. The van der Waals surface area contributed by atoms with Gasteiger partial charge in [-0.2, -0.15) is 0 Å². The van der Waals surface area contributed by atoms with Crippen LogP contribution in [0.4, 0.5) is 5.69 Å². The predicted octanol–water partition coefficient (Wildman–Crippen LogP) is 3.43. The number of amides is 1. The van der Waals surface area contributed by atoms with Crippen molar-refractivity contribution < 1.29 is 4.79 Å². The molecule has 4 heteroatoms. The summed E-state index contributed by atoms with van der Waals surface area (Å²) in [4.78, 5) is 16.5. The third kappa shape index (κ3) is 2.69. The molecule has 104 valence electrons. The largest absolute Gasteiger partial charge is 0.320 e. The van der Waals surface area contributed by atoms with Gasteiger partial charge in [0.25, 0.3) is 5.91 Å². The van der Waals surface area contributed by atoms with Crippen LogP contribution in [0.3, 0.4) is 0 Å². The maximum Gasteiger partial charge on any atom is 0.255 e. The Balaban J connectivity index is 1.93. The van der Waals surface area contributed by atoms with Crippen molar-refractivity contribution in [2.45, 2.75) is 6.92 Å². The summed E-state index contributed by atoms with van der Waals surface area (Å²) in [5, 5.41) is 2.97. The number of nitrogens with zero attached hydrogens (tertiary/aromatic N) is 2. The molecule has 3 aromatic rings. The molecule has 1 heterocycles. The van der Waals surface area contributed by atoms with E-state index in [2.05, 4.69) is 10.3 Å². The number of rotatable bonds is 3. The number of hydrogen-bond donors (Lipinski definition) is 1. The molecule has 0 fully saturated rings. The van der Waals surface area contributed by atoms with E-state index < -0.39 is 0 Å². The number of anilines is 1. The van der Waals surface area contributed by atoms with E-state index in [1.807, 2.05) is 66.2 Å². The predicted molar refractivity (Wildman–Crippen MR) is 82.7 cm³/mol. The smallest absolute Gasteiger partial charge is 0.255 e. The van der Waals surface area contributed by atoms with E-state index in [0.29, 0.717) is 5.56 Å². The molecular weight excluding hydrogens is 262 g/mol. The van der Waals surface area contributed by atoms with Crippen LogP contribution in [0.5, 0.6) is 0 Å². The number of carbonyl (C=O) groups is 1. The van der Waals surface area contributed by atoms with Gasteiger partial charge >= 0.3 is 0 Å². The van der Waals surface area contributed by atoms with Crippen LogP contribution in [0.25, 0.3) is 5.69 Å². The first kappa shape index (κ1) is 13.1. The number of aryl methyl sites for hydroxylation is 1. The van der Waals surface area contributed by atoms with Gasteiger partial charge < -0.3 is 9.88 Å². The van der Waals surface area contributed by atoms with E-state index in [9.17, 15) is 4.79 Å². The number of imidazole rings is 1. The lowest BCUT2D eigenvalue weighted by Crippen LogP contribution is -2.14. The molecule has 0 atom stereocenters. The van der Waals surface area contributed by atoms with Crippen molar-refractivity contribution in [1.29, 1.82) is 0 Å². The summed E-state index contributed by atoms with van der Waals surface area (Å²) in [6, 6.07) is 15.2. The SMILES string of the molecule is Cc1ccccc1C(=O)Nc1ccccc1-n1ccnc1. The molecule has 1 amide bonds. The number of aromatic nitrogens is 2. The molecule has 0 radical (unpaired) electrons. The van der Waals surface area contributed by atoms with Gasteiger partial charge in [0.2, 0.25) is 0 Å². The van der Waals surface area contributed by atoms with Gasteiger partial charge in [0.1, 0.15) is 0 Å². The van der Waals surface area contributed by atoms with Crippen LogP contribution in [0.2, 0.25) is 0 Å². The van der Waals surface area contributed by atoms with Crippen LogP contribution >= 0.6 is 0 Å². The second kappa shape index (κ2) is 5.63. The molecule has 0 saturated carbocycles. The van der Waals surface area contributed by atoms with Crippen LogP contribution in [-0.2, 0) is 0 Å². The fourth-order valence-corrected chi connectivity index (χ4v) is 2.22. The lowest BCUT2D eigenvalue weighted by Gasteiger charge is -2.12. The standard InChI is InChI=1S/C17H15N3O/c1-13-6-2-3-7-14(13)17(21)19-15-8-4-5-9-16(15)20-11-10-18-12-20/h2-12H,1H3,(H,19,21). The Hall–Kier alpha value is -2.88. The Morgan fingerprint density at radius 1 is 1.10 bits per heavy atom. The summed E-state index contributed by atoms with van der Waals surface area (Å²) in [6.45, 7) is 1.93. The van der Waals surface area contributed by atoms with Crippen molar-refractivity contribution in [2.24, 2.45) is 0 Å². The Kier molecular flexibility index (Phi) is 3.51. The van der Waals surface area contributed by atoms with Gasteiger partial charge in [-0.1, -0.05) is 30.3 Å². The van der Waals surface area contributed by atoms with Gasteiger partial charge in [0.05, 0.1) is 17.7 Å². The molecule has 0 bridgehead atoms. The number of hydrogen-bond acceptors (Lipinski definition) is 2. The van der Waals surface area contributed by atoms with Crippen molar-refractivity contribution in [1.82, 2.24) is 9.55 Å². The molecule has 1 N–H and O–H groups in total. The second-order valence-electron chi connectivity index (χ2n) is 4.76. The van der Waals surface area contributed by atoms with Gasteiger partial charge in [0.15, 0.2) is 0 Å². The zero-order valence-electron chi connectivity index (χ0n) is 11.7. The summed E-state index contributed by atoms with van der Waals surface area (Å²) >= 11 is 0. The molecule has 0 saturated heterocycles. The normalized spacial score (nSPS) is 10.3. The molecule has 0 unspecified atom stereocenters. The van der Waals surface area contributed by atoms with Crippen molar-refractivity contribution in [3.63, 3.8) is 0 Å². The topological polar surface area (TPSA) is 46.9 Å². The summed E-state index contributed by atoms with van der Waals surface area (Å²) in [5.41, 5.74) is 3.27. The Morgan fingerprint density at radius 2 is 1.86 bits per heavy atom. The molecule has 21 heavy (non-hydrogen) atoms. The zero-order valence-corrected chi connectivity index (χ0v) is 11.7. The van der Waals surface area contributed by atoms with E-state index in [4.69, 9.17) is 0 Å². The Morgan fingerprint density at radius 3 is 2.62 bits per heavy atom. The van der Waals surface area contributed by atoms with Crippen LogP contribution in [0.15, 0.2) is 67.3 Å². The summed E-state index contributed by atoms with van der Waals surface area (Å²) in [7, 11) is 0. The number of para-hydroxylation sites is 2. The highest BCUT2D eigenvalue weighted by molar-refractivity contribution is 6.06. The van der Waals surface area contributed by atoms with E-state index in [0.717, 1.165) is 16.9 Å². The summed E-state index contributed by atoms with van der Waals surface area (Å²) in [5.74, 6) is -0.110. The number of benzene rings is 2. The first-order valence-electron chi connectivity index (χ1n) is 6.70.